The lowest BCUT2D eigenvalue weighted by atomic mass is 10.0. The van der Waals surface area contributed by atoms with Gasteiger partial charge in [-0.3, -0.25) is 0 Å². The van der Waals surface area contributed by atoms with Gasteiger partial charge in [0.2, 0.25) is 0 Å². The van der Waals surface area contributed by atoms with Crippen molar-refractivity contribution in [2.45, 2.75) is 19.4 Å². The van der Waals surface area contributed by atoms with Gasteiger partial charge in [0.05, 0.1) is 39.5 Å². The summed E-state index contributed by atoms with van der Waals surface area (Å²) in [5.41, 5.74) is 6.87. The first-order valence-electron chi connectivity index (χ1n) is 5.27. The van der Waals surface area contributed by atoms with E-state index in [-0.39, 0.29) is 10.0 Å². The molecule has 0 unspecified atom stereocenters. The van der Waals surface area contributed by atoms with Gasteiger partial charge in [0.1, 0.15) is 0 Å². The van der Waals surface area contributed by atoms with Crippen LogP contribution in [0.4, 0.5) is 4.39 Å². The highest BCUT2D eigenvalue weighted by Crippen LogP contribution is 2.28. The Hall–Kier alpha value is -1.10. The maximum atomic E-state index is 13.4. The summed E-state index contributed by atoms with van der Waals surface area (Å²) in [7, 11) is 0. The molecule has 0 radical (unpaired) electrons. The van der Waals surface area contributed by atoms with Gasteiger partial charge in [-0.15, -0.1) is 0 Å². The van der Waals surface area contributed by atoms with E-state index in [1.165, 1.54) is 12.1 Å². The van der Waals surface area contributed by atoms with Crippen molar-refractivity contribution in [3.05, 3.63) is 46.2 Å². The predicted octanol–water partition coefficient (Wildman–Crippen LogP) is 3.51. The van der Waals surface area contributed by atoms with Crippen molar-refractivity contribution in [2.24, 2.45) is 5.73 Å². The maximum absolute atomic E-state index is 13.4. The van der Waals surface area contributed by atoms with Crippen molar-refractivity contribution in [3.8, 4) is 5.69 Å². The molecular formula is C12H12Cl2FN3. The minimum absolute atomic E-state index is 0.0352. The number of rotatable bonds is 2. The Morgan fingerprint density at radius 1 is 1.28 bits per heavy atom. The zero-order chi connectivity index (χ0) is 13.5. The smallest absolute Gasteiger partial charge is 0.160 e. The van der Waals surface area contributed by atoms with Crippen LogP contribution >= 0.6 is 23.2 Å². The fourth-order valence-electron chi connectivity index (χ4n) is 1.66. The van der Waals surface area contributed by atoms with Gasteiger partial charge < -0.3 is 10.3 Å². The second-order valence-electron chi connectivity index (χ2n) is 4.59. The van der Waals surface area contributed by atoms with Crippen LogP contribution in [0.1, 0.15) is 19.5 Å². The van der Waals surface area contributed by atoms with Gasteiger partial charge in [-0.2, -0.15) is 0 Å². The van der Waals surface area contributed by atoms with E-state index in [4.69, 9.17) is 28.9 Å². The summed E-state index contributed by atoms with van der Waals surface area (Å²) in [6.45, 7) is 3.71. The van der Waals surface area contributed by atoms with Crippen LogP contribution in [-0.2, 0) is 5.54 Å². The fourth-order valence-corrected chi connectivity index (χ4v) is 2.13. The molecule has 0 fully saturated rings. The highest BCUT2D eigenvalue weighted by molar-refractivity contribution is 6.35. The molecular weight excluding hydrogens is 276 g/mol. The topological polar surface area (TPSA) is 43.8 Å². The fraction of sp³-hybridized carbons (Fsp3) is 0.250. The molecule has 0 amide bonds. The van der Waals surface area contributed by atoms with Gasteiger partial charge in [-0.1, -0.05) is 23.2 Å². The minimum Gasteiger partial charge on any atom is -0.321 e. The monoisotopic (exact) mass is 287 g/mol. The lowest BCUT2D eigenvalue weighted by Crippen LogP contribution is -2.31. The molecule has 0 spiro atoms. The Kier molecular flexibility index (Phi) is 3.36. The van der Waals surface area contributed by atoms with Gasteiger partial charge in [0.25, 0.3) is 0 Å². The van der Waals surface area contributed by atoms with Crippen molar-refractivity contribution in [2.75, 3.05) is 0 Å². The van der Waals surface area contributed by atoms with Gasteiger partial charge in [0.15, 0.2) is 5.82 Å². The van der Waals surface area contributed by atoms with Gasteiger partial charge in [-0.25, -0.2) is 9.37 Å². The quantitative estimate of drug-likeness (QED) is 0.859. The third-order valence-electron chi connectivity index (χ3n) is 2.55. The molecule has 2 rings (SSSR count). The van der Waals surface area contributed by atoms with E-state index in [0.717, 1.165) is 5.69 Å². The molecule has 96 valence electrons. The lowest BCUT2D eigenvalue weighted by Gasteiger charge is -2.21. The molecule has 0 atom stereocenters. The molecule has 18 heavy (non-hydrogen) atoms. The van der Waals surface area contributed by atoms with Crippen LogP contribution in [0.5, 0.6) is 0 Å². The van der Waals surface area contributed by atoms with Crippen LogP contribution < -0.4 is 5.73 Å². The Morgan fingerprint density at radius 2 is 1.83 bits per heavy atom. The number of nitrogens with two attached hydrogens (primary N) is 1. The summed E-state index contributed by atoms with van der Waals surface area (Å²) in [4.78, 5) is 4.05. The standard InChI is InChI=1S/C12H12Cl2FN3/c1-12(2,16)10-5-17-6-18(10)7-3-8(13)11(15)9(14)4-7/h3-6H,16H2,1-2H3. The zero-order valence-electron chi connectivity index (χ0n) is 9.92. The minimum atomic E-state index is -0.629. The van der Waals surface area contributed by atoms with E-state index in [1.54, 1.807) is 17.1 Å². The molecule has 2 aromatic rings. The first-order chi connectivity index (χ1) is 8.30. The Balaban J connectivity index is 2.60. The third kappa shape index (κ3) is 2.36. The van der Waals surface area contributed by atoms with Crippen LogP contribution in [0, 0.1) is 5.82 Å². The first kappa shape index (κ1) is 13.3. The van der Waals surface area contributed by atoms with Crippen molar-refractivity contribution < 1.29 is 4.39 Å². The van der Waals surface area contributed by atoms with Crippen LogP contribution in [0.15, 0.2) is 24.7 Å². The number of hydrogen-bond acceptors (Lipinski definition) is 2. The number of nitrogens with zero attached hydrogens (tertiary/aromatic N) is 2. The molecule has 2 N–H and O–H groups in total. The summed E-state index contributed by atoms with van der Waals surface area (Å²) in [6, 6.07) is 2.97. The number of aromatic nitrogens is 2. The second kappa shape index (κ2) is 4.53. The Labute approximate surface area is 114 Å². The van der Waals surface area contributed by atoms with Crippen LogP contribution in [-0.4, -0.2) is 9.55 Å². The van der Waals surface area contributed by atoms with Crippen LogP contribution in [0.2, 0.25) is 10.0 Å². The van der Waals surface area contributed by atoms with Gasteiger partial charge >= 0.3 is 0 Å². The average Bonchev–Trinajstić information content (AvgIpc) is 2.73. The summed E-state index contributed by atoms with van der Waals surface area (Å²) in [5, 5.41) is -0.0704. The third-order valence-corrected chi connectivity index (χ3v) is 3.10. The van der Waals surface area contributed by atoms with Gasteiger partial charge in [-0.05, 0) is 26.0 Å². The van der Waals surface area contributed by atoms with Crippen LogP contribution in [0.25, 0.3) is 5.69 Å². The van der Waals surface area contributed by atoms with Crippen molar-refractivity contribution in [1.82, 2.24) is 9.55 Å². The molecule has 0 aliphatic carbocycles. The number of benzene rings is 1. The highest BCUT2D eigenvalue weighted by atomic mass is 35.5. The normalized spacial score (nSPS) is 11.9. The largest absolute Gasteiger partial charge is 0.321 e. The molecule has 1 aromatic carbocycles. The second-order valence-corrected chi connectivity index (χ2v) is 5.41. The number of hydrogen-bond donors (Lipinski definition) is 1. The molecule has 0 saturated carbocycles. The van der Waals surface area contributed by atoms with E-state index in [2.05, 4.69) is 4.98 Å². The maximum Gasteiger partial charge on any atom is 0.160 e. The molecule has 1 aromatic heterocycles. The average molecular weight is 288 g/mol. The molecule has 1 heterocycles. The molecule has 6 heteroatoms. The number of halogens is 3. The summed E-state index contributed by atoms with van der Waals surface area (Å²) in [6.07, 6.45) is 3.25. The summed E-state index contributed by atoms with van der Waals surface area (Å²) >= 11 is 11.6. The highest BCUT2D eigenvalue weighted by Gasteiger charge is 2.20. The van der Waals surface area contributed by atoms with Crippen molar-refractivity contribution in [3.63, 3.8) is 0 Å². The van der Waals surface area contributed by atoms with Crippen molar-refractivity contribution in [1.29, 1.82) is 0 Å². The predicted molar refractivity (Wildman–Crippen MR) is 70.8 cm³/mol. The Morgan fingerprint density at radius 3 is 2.33 bits per heavy atom. The molecule has 0 bridgehead atoms. The first-order valence-corrected chi connectivity index (χ1v) is 6.03. The van der Waals surface area contributed by atoms with E-state index < -0.39 is 11.4 Å². The molecule has 0 saturated heterocycles. The van der Waals surface area contributed by atoms with Crippen LogP contribution in [0.3, 0.4) is 0 Å². The van der Waals surface area contributed by atoms with E-state index in [0.29, 0.717) is 5.69 Å². The molecule has 0 aliphatic rings. The van der Waals surface area contributed by atoms with E-state index in [9.17, 15) is 4.39 Å². The van der Waals surface area contributed by atoms with Crippen molar-refractivity contribution >= 4 is 23.2 Å². The van der Waals surface area contributed by atoms with E-state index in [1.807, 2.05) is 13.8 Å². The summed E-state index contributed by atoms with van der Waals surface area (Å²) in [5.74, 6) is -0.629. The van der Waals surface area contributed by atoms with Gasteiger partial charge in [0, 0.05) is 0 Å². The zero-order valence-corrected chi connectivity index (χ0v) is 11.4. The van der Waals surface area contributed by atoms with E-state index >= 15 is 0 Å². The summed E-state index contributed by atoms with van der Waals surface area (Å²) < 4.78 is 15.1. The number of imidazole rings is 1. The Bertz CT molecular complexity index is 564. The molecule has 3 nitrogen and oxygen atoms in total. The lowest BCUT2D eigenvalue weighted by molar-refractivity contribution is 0.524. The SMILES string of the molecule is CC(C)(N)c1cncn1-c1cc(Cl)c(F)c(Cl)c1. The molecule has 0 aliphatic heterocycles.